The zero-order chi connectivity index (χ0) is 20.0. The van der Waals surface area contributed by atoms with Crippen molar-refractivity contribution in [1.29, 1.82) is 0 Å². The Bertz CT molecular complexity index is 648. The number of nitrogens with zero attached hydrogens (tertiary/aromatic N) is 3. The van der Waals surface area contributed by atoms with Crippen molar-refractivity contribution in [1.82, 2.24) is 15.1 Å². The zero-order valence-corrected chi connectivity index (χ0v) is 16.3. The summed E-state index contributed by atoms with van der Waals surface area (Å²) < 4.78 is 17.6. The lowest BCUT2D eigenvalue weighted by molar-refractivity contribution is -0.386. The van der Waals surface area contributed by atoms with Gasteiger partial charge in [0.15, 0.2) is 0 Å². The predicted molar refractivity (Wildman–Crippen MR) is 96.9 cm³/mol. The Morgan fingerprint density at radius 2 is 2.15 bits per heavy atom. The van der Waals surface area contributed by atoms with Crippen LogP contribution < -0.4 is 10.1 Å². The number of nitrogens with one attached hydrogen (secondary N) is 1. The fraction of sp³-hybridized carbons (Fsp3) is 0.765. The van der Waals surface area contributed by atoms with Gasteiger partial charge in [0, 0.05) is 25.7 Å². The lowest BCUT2D eigenvalue weighted by Crippen LogP contribution is -2.38. The first kappa shape index (κ1) is 20.9. The Kier molecular flexibility index (Phi) is 7.00. The number of ether oxygens (including phenoxy) is 3. The first-order valence-corrected chi connectivity index (χ1v) is 9.09. The predicted octanol–water partition coefficient (Wildman–Crippen LogP) is 2.82. The summed E-state index contributed by atoms with van der Waals surface area (Å²) in [7, 11) is 0. The molecule has 152 valence electrons. The Morgan fingerprint density at radius 3 is 2.74 bits per heavy atom. The standard InChI is InChI=1S/C17H28N4O6/c1-12(18-16(22)27-17(2,3)4)5-10-26-15-14(21(23)24)11-20(19-15)13-6-8-25-9-7-13/h11-13H,5-10H2,1-4H3,(H,18,22). The van der Waals surface area contributed by atoms with E-state index in [-0.39, 0.29) is 30.3 Å². The molecule has 0 aromatic carbocycles. The average Bonchev–Trinajstić information content (AvgIpc) is 2.98. The molecule has 1 aliphatic heterocycles. The summed E-state index contributed by atoms with van der Waals surface area (Å²) >= 11 is 0. The van der Waals surface area contributed by atoms with E-state index in [1.165, 1.54) is 6.20 Å². The maximum absolute atomic E-state index is 11.7. The smallest absolute Gasteiger partial charge is 0.407 e. The molecule has 0 bridgehead atoms. The van der Waals surface area contributed by atoms with Crippen molar-refractivity contribution in [2.24, 2.45) is 0 Å². The normalized spacial score (nSPS) is 16.6. The topological polar surface area (TPSA) is 118 Å². The van der Waals surface area contributed by atoms with Crippen LogP contribution in [0.3, 0.4) is 0 Å². The quantitative estimate of drug-likeness (QED) is 0.567. The van der Waals surface area contributed by atoms with Crippen molar-refractivity contribution in [2.75, 3.05) is 19.8 Å². The van der Waals surface area contributed by atoms with Gasteiger partial charge in [0.2, 0.25) is 0 Å². The van der Waals surface area contributed by atoms with Gasteiger partial charge in [-0.05, 0) is 40.5 Å². The lowest BCUT2D eigenvalue weighted by atomic mass is 10.1. The average molecular weight is 384 g/mol. The molecule has 0 spiro atoms. The van der Waals surface area contributed by atoms with Crippen molar-refractivity contribution in [3.8, 4) is 5.88 Å². The molecule has 1 saturated heterocycles. The maximum Gasteiger partial charge on any atom is 0.407 e. The van der Waals surface area contributed by atoms with E-state index < -0.39 is 16.6 Å². The second kappa shape index (κ2) is 9.03. The number of carbonyl (C=O) groups excluding carboxylic acids is 1. The van der Waals surface area contributed by atoms with Crippen molar-refractivity contribution < 1.29 is 23.9 Å². The van der Waals surface area contributed by atoms with Crippen molar-refractivity contribution in [3.05, 3.63) is 16.3 Å². The van der Waals surface area contributed by atoms with Gasteiger partial charge in [0.05, 0.1) is 17.6 Å². The van der Waals surface area contributed by atoms with Crippen LogP contribution in [0.4, 0.5) is 10.5 Å². The van der Waals surface area contributed by atoms with Gasteiger partial charge in [-0.15, -0.1) is 5.10 Å². The largest absolute Gasteiger partial charge is 0.472 e. The van der Waals surface area contributed by atoms with E-state index in [1.54, 1.807) is 25.5 Å². The molecule has 1 N–H and O–H groups in total. The lowest BCUT2D eigenvalue weighted by Gasteiger charge is -2.22. The Labute approximate surface area is 158 Å². The van der Waals surface area contributed by atoms with E-state index in [0.29, 0.717) is 19.6 Å². The van der Waals surface area contributed by atoms with Crippen LogP contribution in [0.5, 0.6) is 5.88 Å². The zero-order valence-electron chi connectivity index (χ0n) is 16.3. The first-order chi connectivity index (χ1) is 12.7. The third kappa shape index (κ3) is 6.70. The SMILES string of the molecule is CC(CCOc1nn(C2CCOCC2)cc1[N+](=O)[O-])NC(=O)OC(C)(C)C. The van der Waals surface area contributed by atoms with Crippen LogP contribution in [0.25, 0.3) is 0 Å². The van der Waals surface area contributed by atoms with Gasteiger partial charge in [0.25, 0.3) is 0 Å². The molecule has 2 rings (SSSR count). The first-order valence-electron chi connectivity index (χ1n) is 9.09. The molecule has 1 aliphatic rings. The van der Waals surface area contributed by atoms with Crippen LogP contribution in [-0.2, 0) is 9.47 Å². The minimum atomic E-state index is -0.572. The number of rotatable bonds is 7. The highest BCUT2D eigenvalue weighted by molar-refractivity contribution is 5.68. The molecule has 0 aliphatic carbocycles. The number of aromatic nitrogens is 2. The molecule has 10 heteroatoms. The molecule has 1 atom stereocenters. The Morgan fingerprint density at radius 1 is 1.48 bits per heavy atom. The third-order valence-electron chi connectivity index (χ3n) is 3.99. The van der Waals surface area contributed by atoms with Gasteiger partial charge >= 0.3 is 17.7 Å². The van der Waals surface area contributed by atoms with Gasteiger partial charge in [-0.25, -0.2) is 4.79 Å². The highest BCUT2D eigenvalue weighted by Crippen LogP contribution is 2.29. The number of amides is 1. The molecule has 2 heterocycles. The Balaban J connectivity index is 1.88. The summed E-state index contributed by atoms with van der Waals surface area (Å²) in [5.41, 5.74) is -0.730. The second-order valence-corrected chi connectivity index (χ2v) is 7.58. The maximum atomic E-state index is 11.7. The van der Waals surface area contributed by atoms with E-state index >= 15 is 0 Å². The molecule has 1 aromatic heterocycles. The summed E-state index contributed by atoms with van der Waals surface area (Å²) in [5.74, 6) is -0.00374. The highest BCUT2D eigenvalue weighted by Gasteiger charge is 2.26. The van der Waals surface area contributed by atoms with Gasteiger partial charge in [0.1, 0.15) is 11.8 Å². The van der Waals surface area contributed by atoms with E-state index in [0.717, 1.165) is 12.8 Å². The molecule has 1 unspecified atom stereocenters. The summed E-state index contributed by atoms with van der Waals surface area (Å²) in [6, 6.07) is -0.140. The minimum absolute atomic E-state index is 0.00374. The van der Waals surface area contributed by atoms with Crippen LogP contribution in [0, 0.1) is 10.1 Å². The second-order valence-electron chi connectivity index (χ2n) is 7.58. The van der Waals surface area contributed by atoms with Crippen LogP contribution >= 0.6 is 0 Å². The molecule has 10 nitrogen and oxygen atoms in total. The van der Waals surface area contributed by atoms with Crippen LogP contribution in [0.1, 0.15) is 53.0 Å². The summed E-state index contributed by atoms with van der Waals surface area (Å²) in [4.78, 5) is 22.5. The summed E-state index contributed by atoms with van der Waals surface area (Å²) in [6.45, 7) is 8.58. The van der Waals surface area contributed by atoms with Crippen LogP contribution in [-0.4, -0.2) is 52.3 Å². The molecule has 1 amide bonds. The van der Waals surface area contributed by atoms with E-state index in [9.17, 15) is 14.9 Å². The number of alkyl carbamates (subject to hydrolysis) is 1. The molecular formula is C17H28N4O6. The summed E-state index contributed by atoms with van der Waals surface area (Å²) in [6.07, 6.45) is 2.88. The molecular weight excluding hydrogens is 356 g/mol. The molecule has 0 saturated carbocycles. The van der Waals surface area contributed by atoms with E-state index in [1.807, 2.05) is 6.92 Å². The summed E-state index contributed by atoms with van der Waals surface area (Å²) in [5, 5.41) is 18.2. The number of hydrogen-bond acceptors (Lipinski definition) is 7. The molecule has 0 radical (unpaired) electrons. The van der Waals surface area contributed by atoms with Gasteiger partial charge in [-0.3, -0.25) is 14.8 Å². The number of carbonyl (C=O) groups is 1. The monoisotopic (exact) mass is 384 g/mol. The molecule has 1 aromatic rings. The fourth-order valence-electron chi connectivity index (χ4n) is 2.64. The fourth-order valence-corrected chi connectivity index (χ4v) is 2.64. The van der Waals surface area contributed by atoms with Crippen molar-refractivity contribution in [3.63, 3.8) is 0 Å². The number of hydrogen-bond donors (Lipinski definition) is 1. The van der Waals surface area contributed by atoms with Gasteiger partial charge in [-0.2, -0.15) is 0 Å². The van der Waals surface area contributed by atoms with Crippen LogP contribution in [0.2, 0.25) is 0 Å². The van der Waals surface area contributed by atoms with E-state index in [4.69, 9.17) is 14.2 Å². The third-order valence-corrected chi connectivity index (χ3v) is 3.99. The van der Waals surface area contributed by atoms with Crippen molar-refractivity contribution in [2.45, 2.75) is 64.6 Å². The number of nitro groups is 1. The van der Waals surface area contributed by atoms with Gasteiger partial charge in [-0.1, -0.05) is 0 Å². The minimum Gasteiger partial charge on any atom is -0.472 e. The molecule has 27 heavy (non-hydrogen) atoms. The van der Waals surface area contributed by atoms with Crippen LogP contribution in [0.15, 0.2) is 6.20 Å². The van der Waals surface area contributed by atoms with Crippen molar-refractivity contribution >= 4 is 11.8 Å². The Hall–Kier alpha value is -2.36. The highest BCUT2D eigenvalue weighted by atomic mass is 16.6. The van der Waals surface area contributed by atoms with Gasteiger partial charge < -0.3 is 19.5 Å². The van der Waals surface area contributed by atoms with E-state index in [2.05, 4.69) is 10.4 Å². The molecule has 1 fully saturated rings.